The van der Waals surface area contributed by atoms with Crippen molar-refractivity contribution in [2.24, 2.45) is 0 Å². The zero-order chi connectivity index (χ0) is 48.0. The van der Waals surface area contributed by atoms with Crippen molar-refractivity contribution in [2.45, 2.75) is 131 Å². The molecule has 8 nitrogen and oxygen atoms in total. The Hall–Kier alpha value is -4.85. The van der Waals surface area contributed by atoms with Crippen LogP contribution < -0.4 is 14.2 Å². The van der Waals surface area contributed by atoms with Gasteiger partial charge in [0.2, 0.25) is 5.78 Å². The third-order valence-electron chi connectivity index (χ3n) is 8.64. The number of carbonyl (C=O) groups is 2. The number of hydrogen-bond donors (Lipinski definition) is 1. The number of carbonyl (C=O) groups excluding carboxylic acids is 2. The molecule has 0 saturated heterocycles. The molecule has 0 radical (unpaired) electrons. The molecule has 5 aromatic rings. The van der Waals surface area contributed by atoms with Gasteiger partial charge in [0.05, 0.1) is 19.8 Å². The van der Waals surface area contributed by atoms with Gasteiger partial charge in [0.25, 0.3) is 0 Å². The average molecular weight is 929 g/mol. The van der Waals surface area contributed by atoms with Crippen LogP contribution in [0.2, 0.25) is 0 Å². The second kappa shape index (κ2) is 38.6. The number of aromatic nitrogens is 2. The lowest BCUT2D eigenvalue weighted by atomic mass is 10.0. The predicted octanol–water partition coefficient (Wildman–Crippen LogP) is 13.8. The van der Waals surface area contributed by atoms with Gasteiger partial charge in [-0.25, -0.2) is 23.1 Å². The second-order valence-corrected chi connectivity index (χ2v) is 14.9. The molecule has 3 aromatic carbocycles. The maximum Gasteiger partial charge on any atom is 0.225 e. The van der Waals surface area contributed by atoms with Crippen LogP contribution in [0.15, 0.2) is 109 Å². The molecule has 0 fully saturated rings. The summed E-state index contributed by atoms with van der Waals surface area (Å²) in [5.74, 6) is 2.03. The molecular weight excluding hydrogens is 858 g/mol. The summed E-state index contributed by atoms with van der Waals surface area (Å²) in [7, 11) is 0. The van der Waals surface area contributed by atoms with Crippen molar-refractivity contribution >= 4 is 34.7 Å². The predicted molar refractivity (Wildman–Crippen MR) is 260 cm³/mol. The monoisotopic (exact) mass is 928 g/mol. The number of hydrogen-bond acceptors (Lipinski definition) is 10. The molecule has 5 rings (SSSR count). The van der Waals surface area contributed by atoms with Crippen LogP contribution in [0.25, 0.3) is 0 Å². The number of alkyl halides is 3. The van der Waals surface area contributed by atoms with Gasteiger partial charge in [-0.1, -0.05) is 64.1 Å². The molecule has 2 aromatic heterocycles. The van der Waals surface area contributed by atoms with Crippen LogP contribution in [0, 0.1) is 0 Å². The standard InChI is InChI=1S/C16H20FNO2S.C16H18FNO2S.C13H17FO2.2C2H6.C2H4/c2*1-2-20-13-8-6-12(7-9-13)4-3-5-14(17)15(19)16-18-10-11-21-16;1-2-16-13-8-6-11(7-9-13)4-3-5-12(14)10-15;3*1-2/h6-11,14-15,19H,2-5H2,1H3;6-11,14H,2-5H2,1H3;6-10,12H,2-5H2,1H3;2*1-2H3;1-2H2. The van der Waals surface area contributed by atoms with Gasteiger partial charge >= 0.3 is 0 Å². The van der Waals surface area contributed by atoms with Gasteiger partial charge < -0.3 is 24.1 Å². The minimum absolute atomic E-state index is 0.228. The van der Waals surface area contributed by atoms with Crippen LogP contribution in [-0.2, 0) is 24.1 Å². The summed E-state index contributed by atoms with van der Waals surface area (Å²) < 4.78 is 56.4. The van der Waals surface area contributed by atoms with E-state index in [4.69, 9.17) is 14.2 Å². The van der Waals surface area contributed by atoms with Crippen LogP contribution in [0.3, 0.4) is 0 Å². The number of ether oxygens (including phenoxy) is 3. The summed E-state index contributed by atoms with van der Waals surface area (Å²) in [5, 5.41) is 13.9. The second-order valence-electron chi connectivity index (χ2n) is 13.1. The third kappa shape index (κ3) is 25.4. The summed E-state index contributed by atoms with van der Waals surface area (Å²) in [6.07, 6.45) is 3.51. The molecule has 0 aliphatic carbocycles. The molecule has 13 heteroatoms. The maximum atomic E-state index is 13.9. The van der Waals surface area contributed by atoms with E-state index in [2.05, 4.69) is 23.1 Å². The van der Waals surface area contributed by atoms with Gasteiger partial charge in [0, 0.05) is 23.2 Å². The Morgan fingerprint density at radius 3 is 1.39 bits per heavy atom. The molecule has 4 atom stereocenters. The molecule has 0 saturated carbocycles. The Bertz CT molecular complexity index is 1820. The van der Waals surface area contributed by atoms with Gasteiger partial charge in [-0.3, -0.25) is 4.79 Å². The number of aliphatic hydroxyl groups is 1. The van der Waals surface area contributed by atoms with Crippen molar-refractivity contribution in [2.75, 3.05) is 19.8 Å². The normalized spacial score (nSPS) is 11.8. The number of aryl methyl sites for hydroxylation is 3. The van der Waals surface area contributed by atoms with Gasteiger partial charge in [-0.05, 0) is 132 Å². The molecule has 0 aliphatic heterocycles. The van der Waals surface area contributed by atoms with Crippen molar-refractivity contribution in [3.05, 3.63) is 136 Å². The number of aldehydes is 1. The maximum absolute atomic E-state index is 13.9. The lowest BCUT2D eigenvalue weighted by Crippen LogP contribution is -2.15. The van der Waals surface area contributed by atoms with E-state index in [1.165, 1.54) is 28.9 Å². The highest BCUT2D eigenvalue weighted by atomic mass is 32.1. The first-order chi connectivity index (χ1) is 31.2. The van der Waals surface area contributed by atoms with Crippen molar-refractivity contribution in [1.29, 1.82) is 0 Å². The highest BCUT2D eigenvalue weighted by Gasteiger charge is 2.22. The minimum Gasteiger partial charge on any atom is -0.494 e. The van der Waals surface area contributed by atoms with E-state index in [1.807, 2.05) is 121 Å². The Balaban J connectivity index is 0.000000885. The van der Waals surface area contributed by atoms with Crippen LogP contribution in [0.5, 0.6) is 17.2 Å². The average Bonchev–Trinajstić information content (AvgIpc) is 4.10. The molecule has 0 spiro atoms. The SMILES string of the molecule is C=C.CC.CC.CCOc1ccc(CCCC(F)C(=O)c2nccs2)cc1.CCOc1ccc(CCCC(F)C(O)c2nccs2)cc1.CCOc1ccc(CCCC(F)C=O)cc1. The quantitative estimate of drug-likeness (QED) is 0.0392. The fourth-order valence-electron chi connectivity index (χ4n) is 5.62. The van der Waals surface area contributed by atoms with Crippen LogP contribution in [0.1, 0.15) is 125 Å². The van der Waals surface area contributed by atoms with Crippen LogP contribution in [0.4, 0.5) is 13.2 Å². The zero-order valence-electron chi connectivity index (χ0n) is 38.9. The molecule has 0 aliphatic rings. The molecule has 1 N–H and O–H groups in total. The number of Topliss-reactive ketones (excluding diaryl/α,β-unsaturated/α-hetero) is 1. The number of aliphatic hydroxyl groups excluding tert-OH is 1. The molecule has 2 heterocycles. The van der Waals surface area contributed by atoms with Crippen molar-refractivity contribution < 1.29 is 42.1 Å². The summed E-state index contributed by atoms with van der Waals surface area (Å²) in [5.41, 5.74) is 3.41. The Morgan fingerprint density at radius 2 is 1.03 bits per heavy atom. The molecule has 64 heavy (non-hydrogen) atoms. The van der Waals surface area contributed by atoms with Crippen LogP contribution >= 0.6 is 22.7 Å². The van der Waals surface area contributed by atoms with Crippen molar-refractivity contribution in [3.8, 4) is 17.2 Å². The molecule has 354 valence electrons. The van der Waals surface area contributed by atoms with Gasteiger partial charge in [0.15, 0.2) is 23.6 Å². The fraction of sp³-hybridized carbons (Fsp3) is 0.451. The topological polar surface area (TPSA) is 108 Å². The van der Waals surface area contributed by atoms with E-state index < -0.39 is 30.4 Å². The van der Waals surface area contributed by atoms with Gasteiger partial charge in [-0.15, -0.1) is 35.8 Å². The fourth-order valence-corrected chi connectivity index (χ4v) is 6.90. The third-order valence-corrected chi connectivity index (χ3v) is 10.3. The number of halogens is 3. The van der Waals surface area contributed by atoms with E-state index in [0.717, 1.165) is 53.2 Å². The van der Waals surface area contributed by atoms with E-state index >= 15 is 0 Å². The molecule has 0 bridgehead atoms. The largest absolute Gasteiger partial charge is 0.494 e. The number of benzene rings is 3. The smallest absolute Gasteiger partial charge is 0.225 e. The van der Waals surface area contributed by atoms with Crippen molar-refractivity contribution in [3.63, 3.8) is 0 Å². The first-order valence-corrected chi connectivity index (χ1v) is 24.0. The van der Waals surface area contributed by atoms with E-state index in [9.17, 15) is 27.9 Å². The first-order valence-electron chi connectivity index (χ1n) is 22.2. The zero-order valence-corrected chi connectivity index (χ0v) is 40.5. The Labute approximate surface area is 389 Å². The van der Waals surface area contributed by atoms with Crippen LogP contribution in [-0.4, -0.2) is 65.5 Å². The van der Waals surface area contributed by atoms with Crippen molar-refractivity contribution in [1.82, 2.24) is 9.97 Å². The molecular formula is C51H71F3N2O6S2. The highest BCUT2D eigenvalue weighted by molar-refractivity contribution is 7.11. The van der Waals surface area contributed by atoms with E-state index in [0.29, 0.717) is 63.2 Å². The summed E-state index contributed by atoms with van der Waals surface area (Å²) in [6.45, 7) is 21.8. The summed E-state index contributed by atoms with van der Waals surface area (Å²) in [6, 6.07) is 23.4. The summed E-state index contributed by atoms with van der Waals surface area (Å²) in [4.78, 5) is 29.6. The highest BCUT2D eigenvalue weighted by Crippen LogP contribution is 2.25. The molecule has 4 unspecified atom stereocenters. The Kier molecular flexibility index (Phi) is 35.7. The first kappa shape index (κ1) is 59.1. The number of nitrogens with zero attached hydrogens (tertiary/aromatic N) is 2. The van der Waals surface area contributed by atoms with Gasteiger partial charge in [0.1, 0.15) is 34.5 Å². The number of rotatable bonds is 23. The minimum atomic E-state index is -1.46. The lowest BCUT2D eigenvalue weighted by Gasteiger charge is -2.13. The number of thiazole rings is 2. The Morgan fingerprint density at radius 1 is 0.641 bits per heavy atom. The lowest BCUT2D eigenvalue weighted by molar-refractivity contribution is -0.112. The van der Waals surface area contributed by atoms with E-state index in [-0.39, 0.29) is 11.4 Å². The van der Waals surface area contributed by atoms with E-state index in [1.54, 1.807) is 17.0 Å². The number of ketones is 1. The summed E-state index contributed by atoms with van der Waals surface area (Å²) >= 11 is 2.46. The van der Waals surface area contributed by atoms with Gasteiger partial charge in [-0.2, -0.15) is 0 Å². The molecule has 0 amide bonds.